The number of hydrogen-bond donors (Lipinski definition) is 2. The number of unbranched alkanes of at least 4 members (excludes halogenated alkanes) is 1. The molecule has 2 N–H and O–H groups in total. The van der Waals surface area contributed by atoms with Crippen molar-refractivity contribution in [1.82, 2.24) is 10.6 Å². The van der Waals surface area contributed by atoms with E-state index in [4.69, 9.17) is 32.7 Å². The molecule has 0 aromatic heterocycles. The molecule has 1 aromatic carbocycles. The number of guanidine groups is 1. The van der Waals surface area contributed by atoms with Gasteiger partial charge in [0.25, 0.3) is 0 Å². The molecular weight excluding hydrogens is 337 g/mol. The molecule has 0 unspecified atom stereocenters. The van der Waals surface area contributed by atoms with Crippen LogP contribution in [0.25, 0.3) is 0 Å². The van der Waals surface area contributed by atoms with E-state index in [0.29, 0.717) is 29.8 Å². The number of methoxy groups -OCH3 is 1. The van der Waals surface area contributed by atoms with Crippen molar-refractivity contribution >= 4 is 29.2 Å². The van der Waals surface area contributed by atoms with Crippen LogP contribution in [-0.4, -0.2) is 46.5 Å². The molecule has 23 heavy (non-hydrogen) atoms. The second-order valence-corrected chi connectivity index (χ2v) is 5.74. The van der Waals surface area contributed by atoms with Gasteiger partial charge in [0.1, 0.15) is 0 Å². The molecule has 0 aliphatic carbocycles. The van der Waals surface area contributed by atoms with Crippen LogP contribution in [0.4, 0.5) is 0 Å². The molecule has 5 nitrogen and oxygen atoms in total. The highest BCUT2D eigenvalue weighted by atomic mass is 35.5. The van der Waals surface area contributed by atoms with Crippen molar-refractivity contribution in [2.24, 2.45) is 4.99 Å². The van der Waals surface area contributed by atoms with Crippen molar-refractivity contribution in [2.45, 2.75) is 19.4 Å². The van der Waals surface area contributed by atoms with Gasteiger partial charge in [0.2, 0.25) is 0 Å². The first-order valence-electron chi connectivity index (χ1n) is 7.62. The monoisotopic (exact) mass is 361 g/mol. The topological polar surface area (TPSA) is 54.9 Å². The molecule has 0 heterocycles. The van der Waals surface area contributed by atoms with E-state index in [2.05, 4.69) is 15.6 Å². The molecule has 0 saturated heterocycles. The normalized spacial score (nSPS) is 11.6. The van der Waals surface area contributed by atoms with E-state index in [1.807, 2.05) is 12.1 Å². The Morgan fingerprint density at radius 1 is 1.13 bits per heavy atom. The Bertz CT molecular complexity index is 484. The van der Waals surface area contributed by atoms with E-state index in [0.717, 1.165) is 37.5 Å². The maximum absolute atomic E-state index is 6.15. The number of rotatable bonds is 10. The summed E-state index contributed by atoms with van der Waals surface area (Å²) in [4.78, 5) is 4.19. The van der Waals surface area contributed by atoms with E-state index in [9.17, 15) is 0 Å². The zero-order valence-electron chi connectivity index (χ0n) is 13.7. The largest absolute Gasteiger partial charge is 0.382 e. The van der Waals surface area contributed by atoms with Gasteiger partial charge in [-0.05, 0) is 30.5 Å². The van der Waals surface area contributed by atoms with Gasteiger partial charge in [0.15, 0.2) is 5.96 Å². The number of benzene rings is 1. The molecule has 0 amide bonds. The molecule has 0 aliphatic rings. The van der Waals surface area contributed by atoms with Gasteiger partial charge in [-0.1, -0.05) is 29.3 Å². The fourth-order valence-corrected chi connectivity index (χ4v) is 2.32. The van der Waals surface area contributed by atoms with E-state index in [1.165, 1.54) is 0 Å². The molecule has 0 radical (unpaired) electrons. The summed E-state index contributed by atoms with van der Waals surface area (Å²) in [5.41, 5.74) is 0.977. The highest BCUT2D eigenvalue weighted by molar-refractivity contribution is 6.35. The first kappa shape index (κ1) is 20.0. The molecule has 7 heteroatoms. The average molecular weight is 362 g/mol. The summed E-state index contributed by atoms with van der Waals surface area (Å²) >= 11 is 12.0. The predicted molar refractivity (Wildman–Crippen MR) is 96.6 cm³/mol. The van der Waals surface area contributed by atoms with Gasteiger partial charge in [-0.3, -0.25) is 4.99 Å². The van der Waals surface area contributed by atoms with Gasteiger partial charge in [0, 0.05) is 43.9 Å². The minimum Gasteiger partial charge on any atom is -0.382 e. The molecule has 130 valence electrons. The summed E-state index contributed by atoms with van der Waals surface area (Å²) in [5.74, 6) is 0.747. The van der Waals surface area contributed by atoms with Gasteiger partial charge >= 0.3 is 0 Å². The van der Waals surface area contributed by atoms with Crippen LogP contribution >= 0.6 is 23.2 Å². The quantitative estimate of drug-likeness (QED) is 0.382. The predicted octanol–water partition coefficient (Wildman–Crippen LogP) is 3.10. The number of nitrogens with one attached hydrogen (secondary N) is 2. The third-order valence-electron chi connectivity index (χ3n) is 3.12. The van der Waals surface area contributed by atoms with Crippen molar-refractivity contribution in [3.63, 3.8) is 0 Å². The summed E-state index contributed by atoms with van der Waals surface area (Å²) in [6.45, 7) is 3.46. The lowest BCUT2D eigenvalue weighted by atomic mass is 10.2. The summed E-state index contributed by atoms with van der Waals surface area (Å²) in [7, 11) is 3.41. The fraction of sp³-hybridized carbons (Fsp3) is 0.562. The second kappa shape index (κ2) is 12.4. The molecule has 0 aliphatic heterocycles. The van der Waals surface area contributed by atoms with Crippen molar-refractivity contribution < 1.29 is 9.47 Å². The molecule has 0 saturated carbocycles. The van der Waals surface area contributed by atoms with Crippen LogP contribution in [0.2, 0.25) is 10.0 Å². The Labute approximate surface area is 148 Å². The molecule has 0 fully saturated rings. The zero-order valence-corrected chi connectivity index (χ0v) is 15.2. The third kappa shape index (κ3) is 9.01. The van der Waals surface area contributed by atoms with Crippen molar-refractivity contribution in [1.29, 1.82) is 0 Å². The van der Waals surface area contributed by atoms with E-state index >= 15 is 0 Å². The Morgan fingerprint density at radius 2 is 1.96 bits per heavy atom. The minimum absolute atomic E-state index is 0.593. The summed E-state index contributed by atoms with van der Waals surface area (Å²) in [5, 5.41) is 7.77. The number of halogens is 2. The maximum Gasteiger partial charge on any atom is 0.191 e. The average Bonchev–Trinajstić information content (AvgIpc) is 2.54. The highest BCUT2D eigenvalue weighted by Crippen LogP contribution is 2.20. The van der Waals surface area contributed by atoms with E-state index < -0.39 is 0 Å². The molecule has 1 aromatic rings. The number of ether oxygens (including phenoxy) is 2. The smallest absolute Gasteiger partial charge is 0.191 e. The van der Waals surface area contributed by atoms with Gasteiger partial charge in [-0.15, -0.1) is 0 Å². The molecule has 0 bridgehead atoms. The molecular formula is C16H25Cl2N3O2. The van der Waals surface area contributed by atoms with Crippen LogP contribution in [0.3, 0.4) is 0 Å². The van der Waals surface area contributed by atoms with E-state index in [1.54, 1.807) is 20.2 Å². The van der Waals surface area contributed by atoms with Crippen LogP contribution in [0.5, 0.6) is 0 Å². The molecule has 0 spiro atoms. The number of nitrogens with zero attached hydrogens (tertiary/aromatic N) is 1. The van der Waals surface area contributed by atoms with Crippen LogP contribution in [-0.2, 0) is 16.0 Å². The van der Waals surface area contributed by atoms with E-state index in [-0.39, 0.29) is 0 Å². The summed E-state index contributed by atoms with van der Waals surface area (Å²) < 4.78 is 10.3. The van der Waals surface area contributed by atoms with Crippen LogP contribution in [0.1, 0.15) is 18.4 Å². The van der Waals surface area contributed by atoms with Crippen LogP contribution in [0, 0.1) is 0 Å². The molecule has 0 atom stereocenters. The third-order valence-corrected chi connectivity index (χ3v) is 3.71. The Kier molecular flexibility index (Phi) is 10.8. The number of hydrogen-bond acceptors (Lipinski definition) is 3. The van der Waals surface area contributed by atoms with Gasteiger partial charge in [-0.25, -0.2) is 0 Å². The summed E-state index contributed by atoms with van der Waals surface area (Å²) in [6.07, 6.45) is 2.01. The Hall–Kier alpha value is -1.01. The van der Waals surface area contributed by atoms with Crippen LogP contribution in [0.15, 0.2) is 23.2 Å². The second-order valence-electron chi connectivity index (χ2n) is 4.90. The van der Waals surface area contributed by atoms with Crippen molar-refractivity contribution in [2.75, 3.05) is 40.5 Å². The first-order chi connectivity index (χ1) is 11.2. The standard InChI is InChI=1S/C16H25Cl2N3O2/c1-19-16(20-7-3-4-8-23-10-9-22-2)21-12-13-5-6-14(17)11-15(13)18/h5-6,11H,3-4,7-10,12H2,1-2H3,(H2,19,20,21). The first-order valence-corrected chi connectivity index (χ1v) is 8.38. The zero-order chi connectivity index (χ0) is 16.9. The SMILES string of the molecule is CN=C(NCCCCOCCOC)NCc1ccc(Cl)cc1Cl. The maximum atomic E-state index is 6.15. The number of aliphatic imine (C=N–C) groups is 1. The Balaban J connectivity index is 2.17. The lowest BCUT2D eigenvalue weighted by molar-refractivity contribution is 0.0689. The minimum atomic E-state index is 0.593. The van der Waals surface area contributed by atoms with Gasteiger partial charge in [0.05, 0.1) is 13.2 Å². The fourth-order valence-electron chi connectivity index (χ4n) is 1.84. The van der Waals surface area contributed by atoms with Crippen LogP contribution < -0.4 is 10.6 Å². The van der Waals surface area contributed by atoms with Crippen molar-refractivity contribution in [3.05, 3.63) is 33.8 Å². The lowest BCUT2D eigenvalue weighted by Gasteiger charge is -2.13. The Morgan fingerprint density at radius 3 is 2.65 bits per heavy atom. The van der Waals surface area contributed by atoms with Gasteiger partial charge in [-0.2, -0.15) is 0 Å². The lowest BCUT2D eigenvalue weighted by Crippen LogP contribution is -2.37. The highest BCUT2D eigenvalue weighted by Gasteiger charge is 2.03. The van der Waals surface area contributed by atoms with Gasteiger partial charge < -0.3 is 20.1 Å². The molecule has 1 rings (SSSR count). The van der Waals surface area contributed by atoms with Crippen molar-refractivity contribution in [3.8, 4) is 0 Å². The summed E-state index contributed by atoms with van der Waals surface area (Å²) in [6, 6.07) is 5.46.